The normalized spacial score (nSPS) is 10.7. The second-order valence-electron chi connectivity index (χ2n) is 7.41. The van der Waals surface area contributed by atoms with E-state index in [1.54, 1.807) is 41.3 Å². The lowest BCUT2D eigenvalue weighted by Crippen LogP contribution is -2.12. The van der Waals surface area contributed by atoms with Gasteiger partial charge in [-0.2, -0.15) is 5.10 Å². The van der Waals surface area contributed by atoms with Crippen LogP contribution in [0.5, 0.6) is 5.75 Å². The lowest BCUT2D eigenvalue weighted by atomic mass is 10.1. The van der Waals surface area contributed by atoms with E-state index in [2.05, 4.69) is 10.4 Å². The summed E-state index contributed by atoms with van der Waals surface area (Å²) in [7, 11) is 0. The Hall–Kier alpha value is -3.64. The van der Waals surface area contributed by atoms with E-state index in [1.165, 1.54) is 12.1 Å². The number of nitrogens with one attached hydrogen (secondary N) is 1. The molecule has 32 heavy (non-hydrogen) atoms. The second kappa shape index (κ2) is 9.66. The van der Waals surface area contributed by atoms with E-state index in [1.807, 2.05) is 37.3 Å². The number of benzene rings is 3. The minimum absolute atomic E-state index is 0.250. The molecule has 1 amide bonds. The molecular weight excluding hydrogens is 429 g/mol. The Balaban J connectivity index is 1.38. The zero-order chi connectivity index (χ0) is 22.5. The summed E-state index contributed by atoms with van der Waals surface area (Å²) in [5, 5.41) is 7.73. The van der Waals surface area contributed by atoms with Crippen LogP contribution in [0.25, 0.3) is 0 Å². The van der Waals surface area contributed by atoms with Crippen LogP contribution in [0.4, 0.5) is 10.1 Å². The second-order valence-corrected chi connectivity index (χ2v) is 7.85. The number of halogens is 2. The van der Waals surface area contributed by atoms with E-state index in [9.17, 15) is 9.18 Å². The summed E-state index contributed by atoms with van der Waals surface area (Å²) >= 11 is 5.98. The van der Waals surface area contributed by atoms with Crippen molar-refractivity contribution in [3.63, 3.8) is 0 Å². The summed E-state index contributed by atoms with van der Waals surface area (Å²) < 4.78 is 20.9. The summed E-state index contributed by atoms with van der Waals surface area (Å²) in [6.45, 7) is 2.67. The molecule has 7 heteroatoms. The first-order valence-corrected chi connectivity index (χ1v) is 10.4. The predicted molar refractivity (Wildman–Crippen MR) is 123 cm³/mol. The SMILES string of the molecule is Cc1cc(Cl)ccc1OCc1cccc(C(=O)Nc2cnn(Cc3cccc(F)c3)c2)c1. The van der Waals surface area contributed by atoms with Crippen molar-refractivity contribution in [1.82, 2.24) is 9.78 Å². The number of aromatic nitrogens is 2. The largest absolute Gasteiger partial charge is 0.489 e. The molecule has 1 heterocycles. The molecule has 0 aliphatic heterocycles. The van der Waals surface area contributed by atoms with Crippen LogP contribution in [0.15, 0.2) is 79.1 Å². The topological polar surface area (TPSA) is 56.1 Å². The minimum atomic E-state index is -0.293. The molecule has 5 nitrogen and oxygen atoms in total. The molecule has 0 atom stereocenters. The summed E-state index contributed by atoms with van der Waals surface area (Å²) in [6.07, 6.45) is 3.27. The van der Waals surface area contributed by atoms with E-state index in [0.29, 0.717) is 29.4 Å². The fraction of sp³-hybridized carbons (Fsp3) is 0.120. The average molecular weight is 450 g/mol. The third-order valence-corrected chi connectivity index (χ3v) is 5.08. The third kappa shape index (κ3) is 5.53. The number of carbonyl (C=O) groups is 1. The van der Waals surface area contributed by atoms with Gasteiger partial charge >= 0.3 is 0 Å². The molecule has 0 spiro atoms. The molecule has 4 rings (SSSR count). The van der Waals surface area contributed by atoms with Crippen molar-refractivity contribution >= 4 is 23.2 Å². The Morgan fingerprint density at radius 3 is 2.72 bits per heavy atom. The zero-order valence-corrected chi connectivity index (χ0v) is 18.1. The van der Waals surface area contributed by atoms with E-state index in [0.717, 1.165) is 22.4 Å². The van der Waals surface area contributed by atoms with E-state index < -0.39 is 0 Å². The van der Waals surface area contributed by atoms with Crippen molar-refractivity contribution in [3.8, 4) is 5.75 Å². The molecule has 0 saturated heterocycles. The van der Waals surface area contributed by atoms with Crippen LogP contribution in [-0.2, 0) is 13.2 Å². The van der Waals surface area contributed by atoms with Crippen molar-refractivity contribution in [3.05, 3.63) is 112 Å². The highest BCUT2D eigenvalue weighted by molar-refractivity contribution is 6.30. The van der Waals surface area contributed by atoms with Crippen LogP contribution >= 0.6 is 11.6 Å². The van der Waals surface area contributed by atoms with Gasteiger partial charge in [0.25, 0.3) is 5.91 Å². The molecule has 0 radical (unpaired) electrons. The Morgan fingerprint density at radius 1 is 1.09 bits per heavy atom. The number of nitrogens with zero attached hydrogens (tertiary/aromatic N) is 2. The molecular formula is C25H21ClFN3O2. The molecule has 0 unspecified atom stereocenters. The molecule has 0 fully saturated rings. The van der Waals surface area contributed by atoms with Crippen molar-refractivity contribution in [2.24, 2.45) is 0 Å². The molecule has 4 aromatic rings. The number of carbonyl (C=O) groups excluding carboxylic acids is 1. The molecule has 0 aliphatic rings. The molecule has 3 aromatic carbocycles. The highest BCUT2D eigenvalue weighted by atomic mass is 35.5. The Labute approximate surface area is 190 Å². The highest BCUT2D eigenvalue weighted by Gasteiger charge is 2.10. The third-order valence-electron chi connectivity index (χ3n) is 4.85. The van der Waals surface area contributed by atoms with Gasteiger partial charge in [0.1, 0.15) is 18.2 Å². The zero-order valence-electron chi connectivity index (χ0n) is 17.4. The first-order valence-electron chi connectivity index (χ1n) is 10.0. The lowest BCUT2D eigenvalue weighted by molar-refractivity contribution is 0.102. The van der Waals surface area contributed by atoms with Crippen molar-refractivity contribution in [1.29, 1.82) is 0 Å². The van der Waals surface area contributed by atoms with Gasteiger partial charge in [0.05, 0.1) is 18.4 Å². The molecule has 1 N–H and O–H groups in total. The standard InChI is InChI=1S/C25H21ClFN3O2/c1-17-10-21(26)8-9-24(17)32-16-19-5-2-6-20(11-19)25(31)29-23-13-28-30(15-23)14-18-4-3-7-22(27)12-18/h2-13,15H,14,16H2,1H3,(H,29,31). The monoisotopic (exact) mass is 449 g/mol. The number of hydrogen-bond acceptors (Lipinski definition) is 3. The van der Waals surface area contributed by atoms with Crippen LogP contribution < -0.4 is 10.1 Å². The molecule has 0 aliphatic carbocycles. The van der Waals surface area contributed by atoms with Gasteiger partial charge in [-0.25, -0.2) is 4.39 Å². The van der Waals surface area contributed by atoms with E-state index in [4.69, 9.17) is 16.3 Å². The van der Waals surface area contributed by atoms with Gasteiger partial charge in [-0.3, -0.25) is 9.48 Å². The van der Waals surface area contributed by atoms with Gasteiger partial charge in [0, 0.05) is 16.8 Å². The number of amides is 1. The molecule has 1 aromatic heterocycles. The summed E-state index contributed by atoms with van der Waals surface area (Å²) in [5.41, 5.74) is 3.67. The fourth-order valence-electron chi connectivity index (χ4n) is 3.28. The lowest BCUT2D eigenvalue weighted by Gasteiger charge is -2.10. The van der Waals surface area contributed by atoms with Crippen LogP contribution in [0, 0.1) is 12.7 Å². The minimum Gasteiger partial charge on any atom is -0.489 e. The summed E-state index contributed by atoms with van der Waals surface area (Å²) in [4.78, 5) is 12.7. The Kier molecular flexibility index (Phi) is 6.52. The smallest absolute Gasteiger partial charge is 0.255 e. The summed E-state index contributed by atoms with van der Waals surface area (Å²) in [6, 6.07) is 19.0. The van der Waals surface area contributed by atoms with Gasteiger partial charge in [-0.1, -0.05) is 35.9 Å². The maximum Gasteiger partial charge on any atom is 0.255 e. The van der Waals surface area contributed by atoms with Crippen molar-refractivity contribution in [2.45, 2.75) is 20.1 Å². The average Bonchev–Trinajstić information content (AvgIpc) is 3.20. The van der Waals surface area contributed by atoms with E-state index in [-0.39, 0.29) is 11.7 Å². The number of ether oxygens (including phenoxy) is 1. The van der Waals surface area contributed by atoms with Gasteiger partial charge < -0.3 is 10.1 Å². The Morgan fingerprint density at radius 2 is 1.91 bits per heavy atom. The van der Waals surface area contributed by atoms with Gasteiger partial charge in [-0.15, -0.1) is 0 Å². The van der Waals surface area contributed by atoms with Crippen molar-refractivity contribution < 1.29 is 13.9 Å². The van der Waals surface area contributed by atoms with E-state index >= 15 is 0 Å². The van der Waals surface area contributed by atoms with Crippen LogP contribution in [0.1, 0.15) is 27.0 Å². The summed E-state index contributed by atoms with van der Waals surface area (Å²) in [5.74, 6) is 0.202. The highest BCUT2D eigenvalue weighted by Crippen LogP contribution is 2.23. The van der Waals surface area contributed by atoms with Gasteiger partial charge in [0.2, 0.25) is 0 Å². The molecule has 0 saturated carbocycles. The van der Waals surface area contributed by atoms with Gasteiger partial charge in [0.15, 0.2) is 0 Å². The number of hydrogen-bond donors (Lipinski definition) is 1. The van der Waals surface area contributed by atoms with Crippen LogP contribution in [-0.4, -0.2) is 15.7 Å². The van der Waals surface area contributed by atoms with Crippen LogP contribution in [0.3, 0.4) is 0 Å². The quantitative estimate of drug-likeness (QED) is 0.384. The predicted octanol–water partition coefficient (Wildman–Crippen LogP) is 5.86. The van der Waals surface area contributed by atoms with Gasteiger partial charge in [-0.05, 0) is 66.1 Å². The molecule has 162 valence electrons. The maximum atomic E-state index is 13.4. The van der Waals surface area contributed by atoms with Crippen molar-refractivity contribution in [2.75, 3.05) is 5.32 Å². The number of rotatable bonds is 7. The number of anilines is 1. The maximum absolute atomic E-state index is 13.4. The Bertz CT molecular complexity index is 1260. The number of aryl methyl sites for hydroxylation is 1. The first-order chi connectivity index (χ1) is 15.5. The fourth-order valence-corrected chi connectivity index (χ4v) is 3.51. The van der Waals surface area contributed by atoms with Crippen LogP contribution in [0.2, 0.25) is 5.02 Å². The molecule has 0 bridgehead atoms. The first kappa shape index (κ1) is 21.6.